The summed E-state index contributed by atoms with van der Waals surface area (Å²) in [5, 5.41) is -0.138. The number of ketones is 1. The van der Waals surface area contributed by atoms with Crippen LogP contribution in [0.1, 0.15) is 12.0 Å². The highest BCUT2D eigenvalue weighted by Gasteiger charge is 2.47. The molecule has 0 saturated carbocycles. The first-order valence-electron chi connectivity index (χ1n) is 6.57. The first kappa shape index (κ1) is 15.6. The van der Waals surface area contributed by atoms with Crippen LogP contribution in [0.4, 0.5) is 0 Å². The molecule has 2 rings (SSSR count). The molecule has 0 aliphatic carbocycles. The van der Waals surface area contributed by atoms with E-state index in [2.05, 4.69) is 0 Å². The lowest BCUT2D eigenvalue weighted by molar-refractivity contribution is -0.163. The van der Waals surface area contributed by atoms with Crippen LogP contribution < -0.4 is 0 Å². The second-order valence-corrected chi connectivity index (χ2v) is 5.77. The fourth-order valence-electron chi connectivity index (χ4n) is 2.31. The molecule has 0 aromatic heterocycles. The maximum Gasteiger partial charge on any atom is 0.336 e. The highest BCUT2D eigenvalue weighted by Crippen LogP contribution is 2.31. The zero-order valence-corrected chi connectivity index (χ0v) is 12.8. The Morgan fingerprint density at radius 1 is 1.38 bits per heavy atom. The average Bonchev–Trinajstić information content (AvgIpc) is 2.49. The summed E-state index contributed by atoms with van der Waals surface area (Å²) in [4.78, 5) is 37.5. The molecule has 1 heterocycles. The number of hydrogen-bond donors (Lipinski definition) is 0. The lowest BCUT2D eigenvalue weighted by atomic mass is 9.99. The van der Waals surface area contributed by atoms with Gasteiger partial charge in [0.05, 0.1) is 18.9 Å². The zero-order chi connectivity index (χ0) is 15.4. The number of amides is 1. The van der Waals surface area contributed by atoms with Gasteiger partial charge >= 0.3 is 5.97 Å². The minimum atomic E-state index is -1.14. The molecule has 1 aliphatic heterocycles. The summed E-state index contributed by atoms with van der Waals surface area (Å²) in [6.07, 6.45) is 2.30. The van der Waals surface area contributed by atoms with Gasteiger partial charge in [-0.05, 0) is 11.8 Å². The van der Waals surface area contributed by atoms with Gasteiger partial charge in [0.15, 0.2) is 11.8 Å². The van der Waals surface area contributed by atoms with Crippen LogP contribution in [-0.2, 0) is 25.5 Å². The topological polar surface area (TPSA) is 63.7 Å². The van der Waals surface area contributed by atoms with E-state index in [0.29, 0.717) is 6.42 Å². The van der Waals surface area contributed by atoms with Crippen LogP contribution in [0.25, 0.3) is 0 Å². The van der Waals surface area contributed by atoms with Crippen molar-refractivity contribution in [2.24, 2.45) is 0 Å². The van der Waals surface area contributed by atoms with Gasteiger partial charge in [-0.15, -0.1) is 11.8 Å². The van der Waals surface area contributed by atoms with Crippen molar-refractivity contribution in [1.29, 1.82) is 0 Å². The van der Waals surface area contributed by atoms with Crippen LogP contribution in [0.2, 0.25) is 0 Å². The van der Waals surface area contributed by atoms with E-state index < -0.39 is 12.0 Å². The fraction of sp³-hybridized carbons (Fsp3) is 0.400. The molecule has 1 fully saturated rings. The maximum atomic E-state index is 12.5. The minimum Gasteiger partial charge on any atom is -0.467 e. The van der Waals surface area contributed by atoms with Gasteiger partial charge < -0.3 is 9.64 Å². The van der Waals surface area contributed by atoms with Gasteiger partial charge in [0.25, 0.3) is 0 Å². The predicted octanol–water partition coefficient (Wildman–Crippen LogP) is 1.26. The summed E-state index contributed by atoms with van der Waals surface area (Å²) < 4.78 is 4.71. The molecule has 1 aliphatic rings. The van der Waals surface area contributed by atoms with Crippen LogP contribution in [0.3, 0.4) is 0 Å². The number of Topliss-reactive ketones (excluding diaryl/α,β-unsaturated/α-hetero) is 1. The summed E-state index contributed by atoms with van der Waals surface area (Å²) in [7, 11) is 1.23. The molecule has 1 aromatic carbocycles. The van der Waals surface area contributed by atoms with E-state index in [0.717, 1.165) is 5.56 Å². The lowest BCUT2D eigenvalue weighted by Crippen LogP contribution is -2.61. The van der Waals surface area contributed by atoms with Crippen molar-refractivity contribution in [1.82, 2.24) is 4.90 Å². The van der Waals surface area contributed by atoms with Crippen LogP contribution in [0, 0.1) is 0 Å². The third-order valence-electron chi connectivity index (χ3n) is 3.45. The second kappa shape index (κ2) is 6.76. The predicted molar refractivity (Wildman–Crippen MR) is 79.7 cm³/mol. The molecule has 1 amide bonds. The summed E-state index contributed by atoms with van der Waals surface area (Å²) in [5.41, 5.74) is 0.810. The van der Waals surface area contributed by atoms with Crippen molar-refractivity contribution in [2.45, 2.75) is 24.3 Å². The highest BCUT2D eigenvalue weighted by molar-refractivity contribution is 7.99. The third-order valence-corrected chi connectivity index (χ3v) is 4.39. The highest BCUT2D eigenvalue weighted by atomic mass is 32.2. The van der Waals surface area contributed by atoms with Gasteiger partial charge in [0.2, 0.25) is 5.91 Å². The molecule has 6 heteroatoms. The number of benzene rings is 1. The Balaban J connectivity index is 2.18. The molecule has 0 spiro atoms. The van der Waals surface area contributed by atoms with Gasteiger partial charge in [-0.1, -0.05) is 30.3 Å². The van der Waals surface area contributed by atoms with Crippen molar-refractivity contribution in [3.8, 4) is 0 Å². The van der Waals surface area contributed by atoms with Crippen LogP contribution in [0.15, 0.2) is 30.3 Å². The molecule has 2 atom stereocenters. The monoisotopic (exact) mass is 307 g/mol. The fourth-order valence-corrected chi connectivity index (χ4v) is 3.09. The Morgan fingerprint density at radius 3 is 2.57 bits per heavy atom. The largest absolute Gasteiger partial charge is 0.467 e. The minimum absolute atomic E-state index is 0.103. The quantitative estimate of drug-likeness (QED) is 0.450. The number of carbonyl (C=O) groups excluding carboxylic acids is 3. The normalized spacial score (nSPS) is 18.9. The molecule has 1 aromatic rings. The first-order chi connectivity index (χ1) is 10.1. The number of carbonyl (C=O) groups is 3. The zero-order valence-electron chi connectivity index (χ0n) is 11.9. The molecule has 21 heavy (non-hydrogen) atoms. The number of rotatable bonds is 6. The van der Waals surface area contributed by atoms with Crippen molar-refractivity contribution in [3.05, 3.63) is 35.9 Å². The van der Waals surface area contributed by atoms with Crippen molar-refractivity contribution < 1.29 is 19.1 Å². The van der Waals surface area contributed by atoms with E-state index in [1.54, 1.807) is 0 Å². The van der Waals surface area contributed by atoms with E-state index in [-0.39, 0.29) is 23.5 Å². The molecule has 5 nitrogen and oxygen atoms in total. The van der Waals surface area contributed by atoms with Gasteiger partial charge in [-0.3, -0.25) is 9.59 Å². The van der Waals surface area contributed by atoms with E-state index in [1.165, 1.54) is 23.8 Å². The Labute approximate surface area is 127 Å². The molecule has 2 unspecified atom stereocenters. The Bertz CT molecular complexity index is 546. The number of esters is 1. The SMILES string of the molecule is COC(=O)C(C(=O)Cc1ccccc1)N1C(=O)CC1SC. The van der Waals surface area contributed by atoms with Crippen LogP contribution in [-0.4, -0.2) is 47.3 Å². The van der Waals surface area contributed by atoms with Crippen molar-refractivity contribution >= 4 is 29.4 Å². The van der Waals surface area contributed by atoms with Crippen molar-refractivity contribution in [3.63, 3.8) is 0 Å². The van der Waals surface area contributed by atoms with Crippen molar-refractivity contribution in [2.75, 3.05) is 13.4 Å². The average molecular weight is 307 g/mol. The van der Waals surface area contributed by atoms with E-state index >= 15 is 0 Å². The number of ether oxygens (including phenoxy) is 1. The van der Waals surface area contributed by atoms with Gasteiger partial charge in [0, 0.05) is 6.42 Å². The van der Waals surface area contributed by atoms with E-state index in [4.69, 9.17) is 4.74 Å². The molecule has 0 N–H and O–H groups in total. The Hall–Kier alpha value is -1.82. The standard InChI is InChI=1S/C15H17NO4S/c1-20-15(19)14(16-12(18)9-13(16)21-2)11(17)8-10-6-4-3-5-7-10/h3-7,13-14H,8-9H2,1-2H3. The summed E-state index contributed by atoms with van der Waals surface area (Å²) >= 11 is 1.45. The van der Waals surface area contributed by atoms with Crippen LogP contribution in [0.5, 0.6) is 0 Å². The second-order valence-electron chi connectivity index (χ2n) is 4.75. The molecule has 0 bridgehead atoms. The summed E-state index contributed by atoms with van der Waals surface area (Å²) in [5.74, 6) is -1.19. The lowest BCUT2D eigenvalue weighted by Gasteiger charge is -2.42. The van der Waals surface area contributed by atoms with Crippen LogP contribution >= 0.6 is 11.8 Å². The van der Waals surface area contributed by atoms with E-state index in [9.17, 15) is 14.4 Å². The van der Waals surface area contributed by atoms with Gasteiger partial charge in [-0.25, -0.2) is 4.79 Å². The summed E-state index contributed by atoms with van der Waals surface area (Å²) in [6.45, 7) is 0. The Morgan fingerprint density at radius 2 is 2.05 bits per heavy atom. The summed E-state index contributed by atoms with van der Waals surface area (Å²) in [6, 6.07) is 8.00. The molecular formula is C15H17NO4S. The number of β-lactam (4-membered cyclic amide) rings is 1. The third kappa shape index (κ3) is 3.26. The molecule has 0 radical (unpaired) electrons. The molecule has 1 saturated heterocycles. The molecule has 112 valence electrons. The number of methoxy groups -OCH3 is 1. The smallest absolute Gasteiger partial charge is 0.336 e. The van der Waals surface area contributed by atoms with Gasteiger partial charge in [-0.2, -0.15) is 0 Å². The maximum absolute atomic E-state index is 12.5. The van der Waals surface area contributed by atoms with Gasteiger partial charge in [0.1, 0.15) is 0 Å². The number of hydrogen-bond acceptors (Lipinski definition) is 5. The van der Waals surface area contributed by atoms with E-state index in [1.807, 2.05) is 36.6 Å². The number of likely N-dealkylation sites (tertiary alicyclic amines) is 1. The number of thioether (sulfide) groups is 1. The first-order valence-corrected chi connectivity index (χ1v) is 7.85. The Kier molecular flexibility index (Phi) is 5.01. The number of nitrogens with zero attached hydrogens (tertiary/aromatic N) is 1. The molecular weight excluding hydrogens is 290 g/mol.